The third-order valence-electron chi connectivity index (χ3n) is 7.35. The average molecular weight is 697 g/mol. The molecule has 0 aliphatic carbocycles. The number of ether oxygens (including phenoxy) is 3. The van der Waals surface area contributed by atoms with Crippen molar-refractivity contribution < 1.29 is 38.5 Å². The van der Waals surface area contributed by atoms with E-state index in [1.807, 2.05) is 36.4 Å². The molecular weight excluding hydrogens is 652 g/mol. The first-order valence-electron chi connectivity index (χ1n) is 15.4. The summed E-state index contributed by atoms with van der Waals surface area (Å²) in [6.07, 6.45) is -0.381. The molecule has 5 rings (SSSR count). The number of hydrogen-bond acceptors (Lipinski definition) is 8. The fourth-order valence-corrected chi connectivity index (χ4v) is 5.05. The van der Waals surface area contributed by atoms with Gasteiger partial charge in [0.05, 0.1) is 39.4 Å². The molecule has 0 unspecified atom stereocenters. The van der Waals surface area contributed by atoms with E-state index in [1.165, 1.54) is 7.11 Å². The molecule has 0 spiro atoms. The van der Waals surface area contributed by atoms with E-state index in [9.17, 15) is 24.0 Å². The first-order chi connectivity index (χ1) is 23.6. The second-order valence-electron chi connectivity index (χ2n) is 10.6. The molecule has 0 aliphatic heterocycles. The molecule has 1 heterocycles. The summed E-state index contributed by atoms with van der Waals surface area (Å²) in [4.78, 5) is 62.6. The van der Waals surface area contributed by atoms with Crippen LogP contribution >= 0.6 is 0 Å². The van der Waals surface area contributed by atoms with Crippen LogP contribution in [0.4, 0.5) is 5.69 Å². The maximum Gasteiger partial charge on any atom is 0.308 e. The number of pyridine rings is 1. The number of esters is 1. The Morgan fingerprint density at radius 3 is 2.00 bits per heavy atom. The number of carbonyl (C=O) groups is 4. The van der Waals surface area contributed by atoms with Crippen molar-refractivity contribution in [1.82, 2.24) is 4.98 Å². The summed E-state index contributed by atoms with van der Waals surface area (Å²) in [5, 5.41) is 12.6. The fourth-order valence-electron chi connectivity index (χ4n) is 5.05. The lowest BCUT2D eigenvalue weighted by Crippen LogP contribution is -2.18. The number of hydrogen-bond donors (Lipinski definition) is 3. The lowest BCUT2D eigenvalue weighted by atomic mass is 9.94. The van der Waals surface area contributed by atoms with Crippen molar-refractivity contribution in [3.8, 4) is 22.6 Å². The van der Waals surface area contributed by atoms with Crippen molar-refractivity contribution in [3.63, 3.8) is 0 Å². The zero-order valence-electron chi connectivity index (χ0n) is 27.3. The van der Waals surface area contributed by atoms with E-state index in [1.54, 1.807) is 74.7 Å². The van der Waals surface area contributed by atoms with E-state index in [-0.39, 0.29) is 63.5 Å². The topological polar surface area (TPSA) is 161 Å². The van der Waals surface area contributed by atoms with E-state index in [0.29, 0.717) is 39.4 Å². The highest BCUT2D eigenvalue weighted by atomic mass is 16.5. The molecule has 51 heavy (non-hydrogen) atoms. The molecule has 11 heteroatoms. The van der Waals surface area contributed by atoms with Crippen LogP contribution in [0.3, 0.4) is 0 Å². The summed E-state index contributed by atoms with van der Waals surface area (Å²) < 4.78 is 15.2. The molecule has 0 aliphatic rings. The summed E-state index contributed by atoms with van der Waals surface area (Å²) in [5.74, 6) is -0.930. The standard InChI is InChI=1S/C20H21NO5.C18H15NO4.2CH4/c1-3-26-19(23)12-11-18(22)21-17-10-9-15(25-2)13-16(17)20(24)14-7-5-4-6-8-14;1-23-12-7-8-15-13(9-12)17(11-5-3-2-4-6-11)14(10-16(20)21)18(22)19-15;;/h4-10,13H,3,11-12H2,1-2H3,(H,21,22);2-9H,10H2,1H3,(H,19,22)(H,20,21);2*1H4. The minimum Gasteiger partial charge on any atom is -0.497 e. The van der Waals surface area contributed by atoms with Crippen LogP contribution < -0.4 is 20.3 Å². The van der Waals surface area contributed by atoms with Gasteiger partial charge in [0.2, 0.25) is 5.91 Å². The van der Waals surface area contributed by atoms with Crippen molar-refractivity contribution in [1.29, 1.82) is 0 Å². The molecule has 5 aromatic rings. The number of anilines is 1. The van der Waals surface area contributed by atoms with Crippen LogP contribution in [0.15, 0.2) is 102 Å². The van der Waals surface area contributed by atoms with Gasteiger partial charge in [-0.2, -0.15) is 0 Å². The van der Waals surface area contributed by atoms with E-state index in [4.69, 9.17) is 19.3 Å². The number of carboxylic acids is 1. The zero-order chi connectivity index (χ0) is 35.3. The summed E-state index contributed by atoms with van der Waals surface area (Å²) in [5.41, 5.74) is 3.12. The average Bonchev–Trinajstić information content (AvgIpc) is 3.11. The number of aliphatic carboxylic acids is 1. The monoisotopic (exact) mass is 696 g/mol. The number of fused-ring (bicyclic) bond motifs is 1. The number of nitrogens with one attached hydrogen (secondary N) is 2. The van der Waals surface area contributed by atoms with E-state index >= 15 is 0 Å². The molecule has 268 valence electrons. The number of rotatable bonds is 12. The molecule has 1 aromatic heterocycles. The van der Waals surface area contributed by atoms with Gasteiger partial charge < -0.3 is 29.6 Å². The van der Waals surface area contributed by atoms with Crippen molar-refractivity contribution in [3.05, 3.63) is 124 Å². The molecule has 0 saturated heterocycles. The fraction of sp³-hybridized carbons (Fsp3) is 0.225. The Balaban J connectivity index is 0.000000342. The molecule has 0 radical (unpaired) electrons. The summed E-state index contributed by atoms with van der Waals surface area (Å²) in [7, 11) is 3.07. The summed E-state index contributed by atoms with van der Waals surface area (Å²) in [6.45, 7) is 1.98. The van der Waals surface area contributed by atoms with Gasteiger partial charge in [0.15, 0.2) is 5.78 Å². The van der Waals surface area contributed by atoms with Gasteiger partial charge in [0.1, 0.15) is 11.5 Å². The van der Waals surface area contributed by atoms with Crippen LogP contribution in [-0.2, 0) is 25.5 Å². The van der Waals surface area contributed by atoms with Gasteiger partial charge in [-0.1, -0.05) is 75.5 Å². The predicted molar refractivity (Wildman–Crippen MR) is 199 cm³/mol. The van der Waals surface area contributed by atoms with Crippen molar-refractivity contribution in [2.24, 2.45) is 0 Å². The first kappa shape index (κ1) is 40.9. The molecule has 0 saturated carbocycles. The number of amides is 1. The highest BCUT2D eigenvalue weighted by Gasteiger charge is 2.19. The van der Waals surface area contributed by atoms with Crippen molar-refractivity contribution in [2.45, 2.75) is 41.0 Å². The lowest BCUT2D eigenvalue weighted by Gasteiger charge is -2.13. The second kappa shape index (κ2) is 19.7. The molecular formula is C40H44N2O9. The third-order valence-corrected chi connectivity index (χ3v) is 7.35. The maximum absolute atomic E-state index is 12.8. The number of aromatic nitrogens is 1. The van der Waals surface area contributed by atoms with E-state index in [0.717, 1.165) is 10.9 Å². The Kier molecular flexibility index (Phi) is 15.8. The Bertz CT molecular complexity index is 2010. The number of aromatic amines is 1. The number of carbonyl (C=O) groups excluding carboxylic acids is 3. The molecule has 3 N–H and O–H groups in total. The largest absolute Gasteiger partial charge is 0.497 e. The number of carboxylic acid groups (broad SMARTS) is 1. The molecule has 1 amide bonds. The quantitative estimate of drug-likeness (QED) is 0.0897. The Hall–Kier alpha value is -6.23. The van der Waals surface area contributed by atoms with Gasteiger partial charge in [-0.3, -0.25) is 24.0 Å². The van der Waals surface area contributed by atoms with Gasteiger partial charge >= 0.3 is 11.9 Å². The van der Waals surface area contributed by atoms with Gasteiger partial charge in [0, 0.05) is 39.6 Å². The van der Waals surface area contributed by atoms with E-state index < -0.39 is 11.9 Å². The van der Waals surface area contributed by atoms with Crippen molar-refractivity contribution in [2.75, 3.05) is 26.1 Å². The van der Waals surface area contributed by atoms with Gasteiger partial charge in [0.25, 0.3) is 5.56 Å². The second-order valence-corrected chi connectivity index (χ2v) is 10.6. The molecule has 0 atom stereocenters. The molecule has 0 bridgehead atoms. The van der Waals surface area contributed by atoms with Gasteiger partial charge in [-0.15, -0.1) is 0 Å². The molecule has 0 fully saturated rings. The third kappa shape index (κ3) is 10.9. The van der Waals surface area contributed by atoms with Crippen LogP contribution in [0.1, 0.15) is 56.1 Å². The van der Waals surface area contributed by atoms with Crippen LogP contribution in [0.25, 0.3) is 22.0 Å². The lowest BCUT2D eigenvalue weighted by molar-refractivity contribution is -0.144. The Morgan fingerprint density at radius 2 is 1.39 bits per heavy atom. The molecule has 4 aromatic carbocycles. The van der Waals surface area contributed by atoms with Crippen LogP contribution in [-0.4, -0.2) is 54.5 Å². The summed E-state index contributed by atoms with van der Waals surface area (Å²) in [6, 6.07) is 28.2. The van der Waals surface area contributed by atoms with E-state index in [2.05, 4.69) is 10.3 Å². The van der Waals surface area contributed by atoms with Gasteiger partial charge in [-0.25, -0.2) is 0 Å². The summed E-state index contributed by atoms with van der Waals surface area (Å²) >= 11 is 0. The molecule has 11 nitrogen and oxygen atoms in total. The number of H-pyrrole nitrogens is 1. The minimum atomic E-state index is -1.05. The van der Waals surface area contributed by atoms with Crippen LogP contribution in [0.5, 0.6) is 11.5 Å². The Labute approximate surface area is 297 Å². The minimum absolute atomic E-state index is 0. The predicted octanol–water partition coefficient (Wildman–Crippen LogP) is 7.31. The number of ketones is 1. The van der Waals surface area contributed by atoms with Crippen LogP contribution in [0.2, 0.25) is 0 Å². The number of benzene rings is 4. The maximum atomic E-state index is 12.8. The highest BCUT2D eigenvalue weighted by Crippen LogP contribution is 2.32. The number of methoxy groups -OCH3 is 2. The zero-order valence-corrected chi connectivity index (χ0v) is 27.3. The van der Waals surface area contributed by atoms with Gasteiger partial charge in [-0.05, 0) is 48.9 Å². The van der Waals surface area contributed by atoms with Crippen LogP contribution in [0, 0.1) is 0 Å². The first-order valence-corrected chi connectivity index (χ1v) is 15.4. The normalized spacial score (nSPS) is 9.94. The highest BCUT2D eigenvalue weighted by molar-refractivity contribution is 6.14. The smallest absolute Gasteiger partial charge is 0.308 e. The SMILES string of the molecule is C.C.CCOC(=O)CCC(=O)Nc1ccc(OC)cc1C(=O)c1ccccc1.COc1ccc2[nH]c(=O)c(CC(=O)O)c(-c3ccccc3)c2c1. The Morgan fingerprint density at radius 1 is 0.784 bits per heavy atom. The van der Waals surface area contributed by atoms with Crippen molar-refractivity contribution >= 4 is 40.2 Å².